The Kier molecular flexibility index (Phi) is 4.71. The van der Waals surface area contributed by atoms with E-state index < -0.39 is 0 Å². The topological polar surface area (TPSA) is 54.2 Å². The summed E-state index contributed by atoms with van der Waals surface area (Å²) in [6.45, 7) is 5.43. The fourth-order valence-corrected chi connectivity index (χ4v) is 2.52. The molecule has 0 aliphatic carbocycles. The molecular formula is C11H20N4S. The van der Waals surface area contributed by atoms with Gasteiger partial charge in [0.25, 0.3) is 0 Å². The standard InChI is InChI=1S/C11H20N4S/c12-10-1-4-15(5-2-10)6-3-13-7-11-8-14-9-16-11/h8-10,13H,1-7,12H2. The molecule has 1 fully saturated rings. The number of nitrogens with zero attached hydrogens (tertiary/aromatic N) is 2. The number of nitrogens with one attached hydrogen (secondary N) is 1. The first-order valence-corrected chi connectivity index (χ1v) is 6.78. The van der Waals surface area contributed by atoms with Gasteiger partial charge in [0.05, 0.1) is 5.51 Å². The Morgan fingerprint density at radius 1 is 1.50 bits per heavy atom. The van der Waals surface area contributed by atoms with Crippen molar-refractivity contribution in [3.63, 3.8) is 0 Å². The number of thiazole rings is 1. The zero-order chi connectivity index (χ0) is 11.2. The van der Waals surface area contributed by atoms with Gasteiger partial charge in [-0.2, -0.15) is 0 Å². The molecule has 1 aliphatic heterocycles. The van der Waals surface area contributed by atoms with Crippen LogP contribution in [0.25, 0.3) is 0 Å². The predicted octanol–water partition coefficient (Wildman–Crippen LogP) is 0.656. The molecule has 1 saturated heterocycles. The van der Waals surface area contributed by atoms with Crippen LogP contribution in [0.4, 0.5) is 0 Å². The van der Waals surface area contributed by atoms with Gasteiger partial charge in [-0.15, -0.1) is 11.3 Å². The van der Waals surface area contributed by atoms with Crippen LogP contribution >= 0.6 is 11.3 Å². The highest BCUT2D eigenvalue weighted by Crippen LogP contribution is 2.07. The van der Waals surface area contributed by atoms with Crippen LogP contribution in [0.1, 0.15) is 17.7 Å². The molecule has 0 unspecified atom stereocenters. The SMILES string of the molecule is NC1CCN(CCNCc2cncs2)CC1. The molecule has 1 aromatic heterocycles. The number of hydrogen-bond acceptors (Lipinski definition) is 5. The van der Waals surface area contributed by atoms with Crippen molar-refractivity contribution < 1.29 is 0 Å². The highest BCUT2D eigenvalue weighted by Gasteiger charge is 2.14. The fourth-order valence-electron chi connectivity index (χ4n) is 1.95. The Labute approximate surface area is 101 Å². The van der Waals surface area contributed by atoms with E-state index in [0.717, 1.165) is 45.6 Å². The Morgan fingerprint density at radius 2 is 2.31 bits per heavy atom. The molecular weight excluding hydrogens is 220 g/mol. The van der Waals surface area contributed by atoms with E-state index in [0.29, 0.717) is 6.04 Å². The van der Waals surface area contributed by atoms with Gasteiger partial charge in [0, 0.05) is 36.8 Å². The summed E-state index contributed by atoms with van der Waals surface area (Å²) in [5, 5.41) is 3.44. The minimum atomic E-state index is 0.432. The normalized spacial score (nSPS) is 19.1. The molecule has 4 nitrogen and oxygen atoms in total. The number of piperidine rings is 1. The second-order valence-corrected chi connectivity index (χ2v) is 5.29. The molecule has 0 bridgehead atoms. The lowest BCUT2D eigenvalue weighted by Crippen LogP contribution is -2.42. The maximum Gasteiger partial charge on any atom is 0.0794 e. The lowest BCUT2D eigenvalue weighted by atomic mass is 10.1. The van der Waals surface area contributed by atoms with Crippen LogP contribution in [0.15, 0.2) is 11.7 Å². The summed E-state index contributed by atoms with van der Waals surface area (Å²) < 4.78 is 0. The van der Waals surface area contributed by atoms with E-state index in [9.17, 15) is 0 Å². The van der Waals surface area contributed by atoms with Crippen molar-refractivity contribution in [1.82, 2.24) is 15.2 Å². The highest BCUT2D eigenvalue weighted by molar-refractivity contribution is 7.09. The molecule has 0 aromatic carbocycles. The molecule has 0 radical (unpaired) electrons. The maximum absolute atomic E-state index is 5.87. The van der Waals surface area contributed by atoms with Gasteiger partial charge in [-0.3, -0.25) is 4.98 Å². The Morgan fingerprint density at radius 3 is 3.00 bits per heavy atom. The quantitative estimate of drug-likeness (QED) is 0.742. The van der Waals surface area contributed by atoms with Gasteiger partial charge < -0.3 is 16.0 Å². The highest BCUT2D eigenvalue weighted by atomic mass is 32.1. The van der Waals surface area contributed by atoms with Gasteiger partial charge in [-0.25, -0.2) is 0 Å². The number of hydrogen-bond donors (Lipinski definition) is 2. The second-order valence-electron chi connectivity index (χ2n) is 4.32. The molecule has 1 aromatic rings. The monoisotopic (exact) mass is 240 g/mol. The molecule has 1 aliphatic rings. The van der Waals surface area contributed by atoms with E-state index in [-0.39, 0.29) is 0 Å². The van der Waals surface area contributed by atoms with E-state index >= 15 is 0 Å². The van der Waals surface area contributed by atoms with Crippen molar-refractivity contribution in [2.24, 2.45) is 5.73 Å². The summed E-state index contributed by atoms with van der Waals surface area (Å²) in [4.78, 5) is 7.85. The van der Waals surface area contributed by atoms with Gasteiger partial charge in [-0.1, -0.05) is 0 Å². The van der Waals surface area contributed by atoms with Crippen LogP contribution in [0.5, 0.6) is 0 Å². The molecule has 0 atom stereocenters. The average Bonchev–Trinajstić information content (AvgIpc) is 2.80. The van der Waals surface area contributed by atoms with Crippen LogP contribution in [-0.4, -0.2) is 42.1 Å². The van der Waals surface area contributed by atoms with Crippen LogP contribution < -0.4 is 11.1 Å². The summed E-state index contributed by atoms with van der Waals surface area (Å²) in [7, 11) is 0. The fraction of sp³-hybridized carbons (Fsp3) is 0.727. The van der Waals surface area contributed by atoms with Crippen molar-refractivity contribution in [2.45, 2.75) is 25.4 Å². The van der Waals surface area contributed by atoms with Crippen molar-refractivity contribution in [3.05, 3.63) is 16.6 Å². The zero-order valence-corrected chi connectivity index (χ0v) is 10.4. The zero-order valence-electron chi connectivity index (χ0n) is 9.56. The van der Waals surface area contributed by atoms with Crippen molar-refractivity contribution in [1.29, 1.82) is 0 Å². The van der Waals surface area contributed by atoms with E-state index in [1.165, 1.54) is 4.88 Å². The van der Waals surface area contributed by atoms with Crippen LogP contribution in [0.2, 0.25) is 0 Å². The first kappa shape index (κ1) is 12.0. The third-order valence-electron chi connectivity index (χ3n) is 3.02. The van der Waals surface area contributed by atoms with Gasteiger partial charge in [0.15, 0.2) is 0 Å². The number of nitrogens with two attached hydrogens (primary N) is 1. The number of likely N-dealkylation sites (tertiary alicyclic amines) is 1. The molecule has 0 amide bonds. The van der Waals surface area contributed by atoms with Crippen LogP contribution in [0.3, 0.4) is 0 Å². The first-order valence-electron chi connectivity index (χ1n) is 5.90. The molecule has 16 heavy (non-hydrogen) atoms. The van der Waals surface area contributed by atoms with Gasteiger partial charge >= 0.3 is 0 Å². The number of rotatable bonds is 5. The average molecular weight is 240 g/mol. The van der Waals surface area contributed by atoms with E-state index in [2.05, 4.69) is 15.2 Å². The Hall–Kier alpha value is -0.490. The summed E-state index contributed by atoms with van der Waals surface area (Å²) in [5.41, 5.74) is 7.75. The van der Waals surface area contributed by atoms with E-state index in [1.807, 2.05) is 11.7 Å². The van der Waals surface area contributed by atoms with E-state index in [4.69, 9.17) is 5.73 Å². The second kappa shape index (κ2) is 6.30. The minimum Gasteiger partial charge on any atom is -0.328 e. The molecule has 5 heteroatoms. The van der Waals surface area contributed by atoms with E-state index in [1.54, 1.807) is 11.3 Å². The number of aromatic nitrogens is 1. The smallest absolute Gasteiger partial charge is 0.0794 e. The summed E-state index contributed by atoms with van der Waals surface area (Å²) >= 11 is 1.71. The van der Waals surface area contributed by atoms with Crippen molar-refractivity contribution in [3.8, 4) is 0 Å². The van der Waals surface area contributed by atoms with Crippen molar-refractivity contribution >= 4 is 11.3 Å². The summed E-state index contributed by atoms with van der Waals surface area (Å²) in [6.07, 6.45) is 4.22. The lowest BCUT2D eigenvalue weighted by molar-refractivity contribution is 0.213. The molecule has 3 N–H and O–H groups in total. The van der Waals surface area contributed by atoms with Gasteiger partial charge in [-0.05, 0) is 25.9 Å². The molecule has 0 spiro atoms. The molecule has 90 valence electrons. The first-order chi connectivity index (χ1) is 7.84. The molecule has 2 heterocycles. The van der Waals surface area contributed by atoms with Crippen LogP contribution in [-0.2, 0) is 6.54 Å². The molecule has 2 rings (SSSR count). The van der Waals surface area contributed by atoms with Gasteiger partial charge in [0.1, 0.15) is 0 Å². The summed E-state index contributed by atoms with van der Waals surface area (Å²) in [6, 6.07) is 0.432. The van der Waals surface area contributed by atoms with Gasteiger partial charge in [0.2, 0.25) is 0 Å². The summed E-state index contributed by atoms with van der Waals surface area (Å²) in [5.74, 6) is 0. The third-order valence-corrected chi connectivity index (χ3v) is 3.80. The maximum atomic E-state index is 5.87. The minimum absolute atomic E-state index is 0.432. The Balaban J connectivity index is 1.55. The third kappa shape index (κ3) is 3.83. The van der Waals surface area contributed by atoms with Crippen LogP contribution in [0, 0.1) is 0 Å². The predicted molar refractivity (Wildman–Crippen MR) is 67.5 cm³/mol. The largest absolute Gasteiger partial charge is 0.328 e. The lowest BCUT2D eigenvalue weighted by Gasteiger charge is -2.29. The van der Waals surface area contributed by atoms with Crippen molar-refractivity contribution in [2.75, 3.05) is 26.2 Å². The molecule has 0 saturated carbocycles. The Bertz CT molecular complexity index is 280.